The minimum atomic E-state index is -2.14. The lowest BCUT2D eigenvalue weighted by Crippen LogP contribution is -2.55. The molecule has 4 aliphatic rings. The Kier molecular flexibility index (Phi) is 8.01. The lowest BCUT2D eigenvalue weighted by molar-refractivity contribution is -0.140. The Hall–Kier alpha value is -3.40. The Morgan fingerprint density at radius 1 is 0.909 bits per heavy atom. The van der Waals surface area contributed by atoms with Crippen LogP contribution in [0.2, 0.25) is 0 Å². The number of likely N-dealkylation sites (tertiary alicyclic amines) is 2. The van der Waals surface area contributed by atoms with E-state index in [0.717, 1.165) is 6.42 Å². The summed E-state index contributed by atoms with van der Waals surface area (Å²) in [5.41, 5.74) is 0.415. The van der Waals surface area contributed by atoms with Gasteiger partial charge in [-0.05, 0) is 82.1 Å². The van der Waals surface area contributed by atoms with Gasteiger partial charge in [-0.3, -0.25) is 9.59 Å². The minimum Gasteiger partial charge on any atom is -0.485 e. The standard InChI is InChI=1S/C32H34ClN4O6P/c1-31(2)29(27(36-14-6-8-25(36)38)21-16-19(18-34)10-12-23(21)40-31)42-44(33)43-30-28(37-15-7-9-26(37)39)22-17-20(35-5)11-13-24(22)41-32(30,3)4/h10-13,16-17,27-30H,6-9,14-15H2,1-4H3/t27-,28-,29+,30+,44?/m1/s1. The number of nitrogens with zero attached hydrogens (tertiary/aromatic N) is 4. The lowest BCUT2D eigenvalue weighted by Gasteiger charge is -2.49. The predicted molar refractivity (Wildman–Crippen MR) is 163 cm³/mol. The van der Waals surface area contributed by atoms with Gasteiger partial charge < -0.3 is 28.3 Å². The number of halogens is 1. The molecule has 2 amide bonds. The van der Waals surface area contributed by atoms with Crippen LogP contribution in [-0.2, 0) is 18.6 Å². The van der Waals surface area contributed by atoms with Crippen LogP contribution in [0.25, 0.3) is 4.85 Å². The summed E-state index contributed by atoms with van der Waals surface area (Å²) < 4.78 is 25.9. The molecule has 4 aliphatic heterocycles. The van der Waals surface area contributed by atoms with E-state index in [1.807, 2.05) is 27.7 Å². The van der Waals surface area contributed by atoms with Crippen molar-refractivity contribution in [1.29, 1.82) is 5.26 Å². The van der Waals surface area contributed by atoms with E-state index in [1.165, 1.54) is 0 Å². The van der Waals surface area contributed by atoms with E-state index >= 15 is 0 Å². The van der Waals surface area contributed by atoms with E-state index < -0.39 is 43.2 Å². The van der Waals surface area contributed by atoms with Gasteiger partial charge in [-0.25, -0.2) is 4.85 Å². The molecule has 5 atom stereocenters. The van der Waals surface area contributed by atoms with Gasteiger partial charge in [0.15, 0.2) is 5.69 Å². The van der Waals surface area contributed by atoms with E-state index in [1.54, 1.807) is 46.2 Å². The first-order valence-corrected chi connectivity index (χ1v) is 16.8. The quantitative estimate of drug-likeness (QED) is 0.256. The molecule has 1 unspecified atom stereocenters. The minimum absolute atomic E-state index is 0.000360. The third kappa shape index (κ3) is 5.39. The molecule has 2 aromatic carbocycles. The second-order valence-electron chi connectivity index (χ2n) is 12.6. The molecule has 0 aromatic heterocycles. The van der Waals surface area contributed by atoms with Gasteiger partial charge in [0.05, 0.1) is 30.3 Å². The van der Waals surface area contributed by atoms with Gasteiger partial charge in [-0.2, -0.15) is 5.26 Å². The number of carbonyl (C=O) groups is 2. The number of hydrogen-bond donors (Lipinski definition) is 0. The average Bonchev–Trinajstić information content (AvgIpc) is 3.60. The molecule has 2 aromatic rings. The highest BCUT2D eigenvalue weighted by Gasteiger charge is 2.53. The molecule has 4 heterocycles. The molecular formula is C32H34ClN4O6P. The van der Waals surface area contributed by atoms with Gasteiger partial charge in [0.2, 0.25) is 11.8 Å². The maximum absolute atomic E-state index is 13.1. The van der Waals surface area contributed by atoms with Crippen molar-refractivity contribution >= 4 is 36.5 Å². The molecule has 230 valence electrons. The van der Waals surface area contributed by atoms with Crippen molar-refractivity contribution in [2.75, 3.05) is 13.1 Å². The summed E-state index contributed by atoms with van der Waals surface area (Å²) >= 11 is 6.99. The molecule has 2 saturated heterocycles. The fourth-order valence-electron chi connectivity index (χ4n) is 6.80. The van der Waals surface area contributed by atoms with Crippen LogP contribution in [0.5, 0.6) is 11.5 Å². The summed E-state index contributed by atoms with van der Waals surface area (Å²) in [6.45, 7) is 16.2. The van der Waals surface area contributed by atoms with Crippen LogP contribution in [-0.4, -0.2) is 58.1 Å². The molecule has 0 N–H and O–H groups in total. The number of rotatable bonds is 6. The lowest BCUT2D eigenvalue weighted by atomic mass is 9.85. The third-order valence-corrected chi connectivity index (χ3v) is 10.1. The number of fused-ring (bicyclic) bond motifs is 2. The molecule has 12 heteroatoms. The normalized spacial score (nSPS) is 27.4. The van der Waals surface area contributed by atoms with Crippen molar-refractivity contribution < 1.29 is 28.1 Å². The van der Waals surface area contributed by atoms with Gasteiger partial charge in [0.1, 0.15) is 34.9 Å². The summed E-state index contributed by atoms with van der Waals surface area (Å²) in [7, 11) is -2.14. The molecule has 0 bridgehead atoms. The molecule has 6 rings (SSSR count). The zero-order valence-corrected chi connectivity index (χ0v) is 26.7. The van der Waals surface area contributed by atoms with Crippen LogP contribution in [0.3, 0.4) is 0 Å². The molecule has 10 nitrogen and oxygen atoms in total. The van der Waals surface area contributed by atoms with Crippen LogP contribution in [0.4, 0.5) is 5.69 Å². The summed E-state index contributed by atoms with van der Waals surface area (Å²) in [5, 5.41) is 9.63. The highest BCUT2D eigenvalue weighted by molar-refractivity contribution is 7.76. The SMILES string of the molecule is [C-]#[N+]c1ccc2c(c1)[C@@H](N1CCCC1=O)[C@H](OP(Cl)O[C@H]1[C@H](N3CCCC3=O)c3cc(C#N)ccc3OC1(C)C)C(C)(C)O2. The van der Waals surface area contributed by atoms with E-state index in [2.05, 4.69) is 10.9 Å². The van der Waals surface area contributed by atoms with Crippen molar-refractivity contribution in [1.82, 2.24) is 9.80 Å². The molecule has 2 fully saturated rings. The third-order valence-electron chi connectivity index (χ3n) is 8.87. The summed E-state index contributed by atoms with van der Waals surface area (Å²) in [6.07, 6.45) is 0.811. The van der Waals surface area contributed by atoms with Crippen molar-refractivity contribution in [2.45, 2.75) is 88.9 Å². The average molecular weight is 637 g/mol. The first kappa shape index (κ1) is 30.6. The molecule has 0 spiro atoms. The summed E-state index contributed by atoms with van der Waals surface area (Å²) in [6, 6.07) is 11.5. The van der Waals surface area contributed by atoms with Gasteiger partial charge in [0, 0.05) is 37.1 Å². The highest BCUT2D eigenvalue weighted by atomic mass is 35.7. The Labute approximate surface area is 263 Å². The number of hydrogen-bond acceptors (Lipinski definition) is 7. The second kappa shape index (κ2) is 11.5. The van der Waals surface area contributed by atoms with Crippen LogP contribution >= 0.6 is 19.0 Å². The Morgan fingerprint density at radius 3 is 1.86 bits per heavy atom. The smallest absolute Gasteiger partial charge is 0.277 e. The Bertz CT molecular complexity index is 1470. The molecule has 0 radical (unpaired) electrons. The first-order valence-electron chi connectivity index (χ1n) is 14.8. The topological polar surface area (TPSA) is 106 Å². The molecular weight excluding hydrogens is 603 g/mol. The zero-order valence-electron chi connectivity index (χ0n) is 25.1. The maximum atomic E-state index is 13.1. The molecule has 0 saturated carbocycles. The van der Waals surface area contributed by atoms with E-state index in [-0.39, 0.29) is 11.8 Å². The molecule has 0 aliphatic carbocycles. The second-order valence-corrected chi connectivity index (χ2v) is 14.3. The largest absolute Gasteiger partial charge is 0.485 e. The number of carbonyl (C=O) groups excluding carboxylic acids is 2. The van der Waals surface area contributed by atoms with Crippen molar-refractivity contribution in [3.8, 4) is 17.6 Å². The van der Waals surface area contributed by atoms with Crippen LogP contribution in [0.1, 0.15) is 82.2 Å². The van der Waals surface area contributed by atoms with Gasteiger partial charge in [0.25, 0.3) is 7.73 Å². The Morgan fingerprint density at radius 2 is 1.41 bits per heavy atom. The number of amides is 2. The van der Waals surface area contributed by atoms with E-state index in [4.69, 9.17) is 36.3 Å². The summed E-state index contributed by atoms with van der Waals surface area (Å²) in [5.74, 6) is 1.17. The van der Waals surface area contributed by atoms with E-state index in [0.29, 0.717) is 66.2 Å². The number of ether oxygens (including phenoxy) is 2. The van der Waals surface area contributed by atoms with Gasteiger partial charge >= 0.3 is 0 Å². The van der Waals surface area contributed by atoms with E-state index in [9.17, 15) is 14.9 Å². The van der Waals surface area contributed by atoms with Gasteiger partial charge in [-0.1, -0.05) is 6.07 Å². The van der Waals surface area contributed by atoms with Crippen molar-refractivity contribution in [2.24, 2.45) is 0 Å². The maximum Gasteiger partial charge on any atom is 0.277 e. The predicted octanol–water partition coefficient (Wildman–Crippen LogP) is 6.71. The monoisotopic (exact) mass is 636 g/mol. The zero-order chi connectivity index (χ0) is 31.4. The highest BCUT2D eigenvalue weighted by Crippen LogP contribution is 2.58. The summed E-state index contributed by atoms with van der Waals surface area (Å²) in [4.78, 5) is 33.4. The molecule has 44 heavy (non-hydrogen) atoms. The van der Waals surface area contributed by atoms with Crippen LogP contribution in [0.15, 0.2) is 36.4 Å². The Balaban J connectivity index is 1.36. The van der Waals surface area contributed by atoms with Gasteiger partial charge in [-0.15, -0.1) is 0 Å². The number of benzene rings is 2. The fraction of sp³-hybridized carbons (Fsp3) is 0.500. The van der Waals surface area contributed by atoms with Crippen LogP contribution in [0, 0.1) is 17.9 Å². The first-order chi connectivity index (χ1) is 20.9. The van der Waals surface area contributed by atoms with Crippen molar-refractivity contribution in [3.05, 3.63) is 64.5 Å². The van der Waals surface area contributed by atoms with Crippen LogP contribution < -0.4 is 9.47 Å². The fourth-order valence-corrected chi connectivity index (χ4v) is 8.46. The van der Waals surface area contributed by atoms with Crippen molar-refractivity contribution in [3.63, 3.8) is 0 Å². The number of nitriles is 1.